The Hall–Kier alpha value is -1.78. The summed E-state index contributed by atoms with van der Waals surface area (Å²) in [7, 11) is 0. The molecule has 1 amide bonds. The fourth-order valence-electron chi connectivity index (χ4n) is 3.22. The summed E-state index contributed by atoms with van der Waals surface area (Å²) in [6.45, 7) is 1.16. The number of halogens is 1. The molecule has 0 radical (unpaired) electrons. The molecule has 2 aliphatic rings. The topological polar surface area (TPSA) is 49.8 Å². The summed E-state index contributed by atoms with van der Waals surface area (Å²) >= 11 is 0. The molecule has 2 fully saturated rings. The molecule has 4 nitrogen and oxygen atoms in total. The molecule has 0 aromatic heterocycles. The van der Waals surface area contributed by atoms with Crippen LogP contribution in [0.25, 0.3) is 0 Å². The molecule has 102 valence electrons. The molecule has 1 aliphatic carbocycles. The van der Waals surface area contributed by atoms with Gasteiger partial charge in [-0.05, 0) is 36.8 Å². The molecular formula is C14H16FNO3. The summed E-state index contributed by atoms with van der Waals surface area (Å²) in [5, 5.41) is 8.95. The molecule has 5 heteroatoms. The van der Waals surface area contributed by atoms with E-state index in [1.807, 2.05) is 0 Å². The number of carbonyl (C=O) groups is 1. The van der Waals surface area contributed by atoms with E-state index in [-0.39, 0.29) is 11.9 Å². The largest absolute Gasteiger partial charge is 0.487 e. The Bertz CT molecular complexity index is 479. The molecule has 1 heterocycles. The number of rotatable bonds is 2. The lowest BCUT2D eigenvalue weighted by atomic mass is 10.0. The average molecular weight is 265 g/mol. The van der Waals surface area contributed by atoms with Crippen LogP contribution in [-0.4, -0.2) is 35.3 Å². The molecule has 1 N–H and O–H groups in total. The van der Waals surface area contributed by atoms with Crippen molar-refractivity contribution < 1.29 is 19.0 Å². The van der Waals surface area contributed by atoms with Crippen LogP contribution >= 0.6 is 0 Å². The Labute approximate surface area is 110 Å². The van der Waals surface area contributed by atoms with E-state index in [4.69, 9.17) is 9.84 Å². The van der Waals surface area contributed by atoms with Crippen molar-refractivity contribution in [3.05, 3.63) is 30.1 Å². The highest BCUT2D eigenvalue weighted by Gasteiger charge is 2.43. The molecule has 1 saturated heterocycles. The summed E-state index contributed by atoms with van der Waals surface area (Å²) in [6, 6.07) is 6.40. The molecule has 0 unspecified atom stereocenters. The van der Waals surface area contributed by atoms with Gasteiger partial charge in [0, 0.05) is 13.1 Å². The van der Waals surface area contributed by atoms with E-state index < -0.39 is 6.09 Å². The molecule has 1 aliphatic heterocycles. The molecule has 2 atom stereocenters. The predicted octanol–water partition coefficient (Wildman–Crippen LogP) is 2.59. The summed E-state index contributed by atoms with van der Waals surface area (Å²) in [4.78, 5) is 12.4. The lowest BCUT2D eigenvalue weighted by Crippen LogP contribution is -2.29. The minimum absolute atomic E-state index is 0.00263. The molecule has 19 heavy (non-hydrogen) atoms. The predicted molar refractivity (Wildman–Crippen MR) is 66.6 cm³/mol. The quantitative estimate of drug-likeness (QED) is 0.894. The van der Waals surface area contributed by atoms with Crippen LogP contribution in [0.1, 0.15) is 12.8 Å². The van der Waals surface area contributed by atoms with E-state index in [0.717, 1.165) is 12.8 Å². The first-order chi connectivity index (χ1) is 9.13. The Kier molecular flexibility index (Phi) is 3.05. The fourth-order valence-corrected chi connectivity index (χ4v) is 3.22. The first kappa shape index (κ1) is 12.3. The van der Waals surface area contributed by atoms with Crippen molar-refractivity contribution >= 4 is 6.09 Å². The van der Waals surface area contributed by atoms with Crippen molar-refractivity contribution in [1.82, 2.24) is 4.90 Å². The molecule has 0 spiro atoms. The van der Waals surface area contributed by atoms with Crippen LogP contribution in [0.15, 0.2) is 24.3 Å². The van der Waals surface area contributed by atoms with Crippen LogP contribution < -0.4 is 4.74 Å². The van der Waals surface area contributed by atoms with E-state index in [0.29, 0.717) is 30.7 Å². The number of nitrogens with zero attached hydrogens (tertiary/aromatic N) is 1. The number of benzene rings is 1. The van der Waals surface area contributed by atoms with Crippen molar-refractivity contribution in [3.63, 3.8) is 0 Å². The van der Waals surface area contributed by atoms with E-state index in [2.05, 4.69) is 0 Å². The van der Waals surface area contributed by atoms with Crippen LogP contribution in [0.3, 0.4) is 0 Å². The first-order valence-corrected chi connectivity index (χ1v) is 6.52. The highest BCUT2D eigenvalue weighted by molar-refractivity contribution is 5.65. The number of likely N-dealkylation sites (tertiary alicyclic amines) is 1. The van der Waals surface area contributed by atoms with Crippen molar-refractivity contribution in [3.8, 4) is 5.75 Å². The van der Waals surface area contributed by atoms with Gasteiger partial charge in [0.15, 0.2) is 11.6 Å². The van der Waals surface area contributed by atoms with Crippen LogP contribution in [0.4, 0.5) is 9.18 Å². The molecule has 3 rings (SSSR count). The SMILES string of the molecule is O=C(O)N1C[C@H]2CC(Oc3ccccc3F)C[C@@H]2C1. The summed E-state index contributed by atoms with van der Waals surface area (Å²) in [5.74, 6) is 0.662. The van der Waals surface area contributed by atoms with Gasteiger partial charge in [-0.3, -0.25) is 0 Å². The maximum atomic E-state index is 13.5. The van der Waals surface area contributed by atoms with E-state index in [1.165, 1.54) is 11.0 Å². The number of hydrogen-bond donors (Lipinski definition) is 1. The number of fused-ring (bicyclic) bond motifs is 1. The average Bonchev–Trinajstić information content (AvgIpc) is 2.90. The summed E-state index contributed by atoms with van der Waals surface area (Å²) in [6.07, 6.45) is 0.773. The summed E-state index contributed by atoms with van der Waals surface area (Å²) < 4.78 is 19.2. The maximum absolute atomic E-state index is 13.5. The standard InChI is InChI=1S/C14H16FNO3/c15-12-3-1-2-4-13(12)19-11-5-9-7-16(14(17)18)8-10(9)6-11/h1-4,9-11H,5-8H2,(H,17,18)/t9-,10-/m1/s1. The Morgan fingerprint density at radius 3 is 2.47 bits per heavy atom. The van der Waals surface area contributed by atoms with Gasteiger partial charge in [-0.25, -0.2) is 9.18 Å². The lowest BCUT2D eigenvalue weighted by Gasteiger charge is -2.18. The molecule has 0 bridgehead atoms. The Morgan fingerprint density at radius 2 is 1.89 bits per heavy atom. The number of para-hydroxylation sites is 1. The zero-order valence-electron chi connectivity index (χ0n) is 10.5. The van der Waals surface area contributed by atoms with E-state index in [9.17, 15) is 9.18 Å². The Balaban J connectivity index is 1.60. The molecule has 1 aromatic carbocycles. The minimum Gasteiger partial charge on any atom is -0.487 e. The molecular weight excluding hydrogens is 249 g/mol. The van der Waals surface area contributed by atoms with E-state index in [1.54, 1.807) is 18.2 Å². The van der Waals surface area contributed by atoms with Crippen molar-refractivity contribution in [2.24, 2.45) is 11.8 Å². The van der Waals surface area contributed by atoms with E-state index >= 15 is 0 Å². The second-order valence-electron chi connectivity index (χ2n) is 5.35. The van der Waals surface area contributed by atoms with Crippen LogP contribution in [0.2, 0.25) is 0 Å². The van der Waals surface area contributed by atoms with Gasteiger partial charge >= 0.3 is 6.09 Å². The Morgan fingerprint density at radius 1 is 1.26 bits per heavy atom. The zero-order chi connectivity index (χ0) is 13.4. The second-order valence-corrected chi connectivity index (χ2v) is 5.35. The van der Waals surface area contributed by atoms with Crippen molar-refractivity contribution in [2.75, 3.05) is 13.1 Å². The number of ether oxygens (including phenoxy) is 1. The summed E-state index contributed by atoms with van der Waals surface area (Å²) in [5.41, 5.74) is 0. The third-order valence-electron chi connectivity index (χ3n) is 4.11. The molecule has 1 aromatic rings. The third kappa shape index (κ3) is 2.37. The monoisotopic (exact) mass is 265 g/mol. The van der Waals surface area contributed by atoms with Gasteiger partial charge in [0.2, 0.25) is 0 Å². The zero-order valence-corrected chi connectivity index (χ0v) is 10.5. The number of carboxylic acid groups (broad SMARTS) is 1. The van der Waals surface area contributed by atoms with Gasteiger partial charge in [-0.15, -0.1) is 0 Å². The van der Waals surface area contributed by atoms with Crippen LogP contribution in [0.5, 0.6) is 5.75 Å². The normalized spacial score (nSPS) is 26.5. The second kappa shape index (κ2) is 4.72. The minimum atomic E-state index is -0.846. The highest BCUT2D eigenvalue weighted by Crippen LogP contribution is 2.39. The molecule has 1 saturated carbocycles. The van der Waals surface area contributed by atoms with Crippen LogP contribution in [-0.2, 0) is 0 Å². The maximum Gasteiger partial charge on any atom is 0.407 e. The fraction of sp³-hybridized carbons (Fsp3) is 0.500. The van der Waals surface area contributed by atoms with Gasteiger partial charge in [-0.2, -0.15) is 0 Å². The van der Waals surface area contributed by atoms with Gasteiger partial charge in [-0.1, -0.05) is 12.1 Å². The number of amides is 1. The van der Waals surface area contributed by atoms with Crippen molar-refractivity contribution in [1.29, 1.82) is 0 Å². The third-order valence-corrected chi connectivity index (χ3v) is 4.11. The smallest absolute Gasteiger partial charge is 0.407 e. The van der Waals surface area contributed by atoms with Crippen LogP contribution in [0, 0.1) is 17.7 Å². The van der Waals surface area contributed by atoms with Gasteiger partial charge in [0.1, 0.15) is 0 Å². The van der Waals surface area contributed by atoms with Gasteiger partial charge < -0.3 is 14.7 Å². The van der Waals surface area contributed by atoms with Gasteiger partial charge in [0.25, 0.3) is 0 Å². The first-order valence-electron chi connectivity index (χ1n) is 6.52. The van der Waals surface area contributed by atoms with Gasteiger partial charge in [0.05, 0.1) is 6.10 Å². The highest BCUT2D eigenvalue weighted by atomic mass is 19.1. The lowest BCUT2D eigenvalue weighted by molar-refractivity contribution is 0.143. The number of hydrogen-bond acceptors (Lipinski definition) is 2. The van der Waals surface area contributed by atoms with Crippen molar-refractivity contribution in [2.45, 2.75) is 18.9 Å².